The van der Waals surface area contributed by atoms with Crippen molar-refractivity contribution in [3.05, 3.63) is 90.0 Å². The van der Waals surface area contributed by atoms with E-state index >= 15 is 0 Å². The van der Waals surface area contributed by atoms with Crippen LogP contribution in [0.15, 0.2) is 83.8 Å². The number of aliphatic hydroxyl groups is 1. The number of sulfonamides is 1. The second-order valence-electron chi connectivity index (χ2n) is 13.4. The summed E-state index contributed by atoms with van der Waals surface area (Å²) < 4.78 is 57.8. The average molecular weight is 709 g/mol. The summed E-state index contributed by atoms with van der Waals surface area (Å²) >= 11 is 0. The van der Waals surface area contributed by atoms with Crippen LogP contribution in [0.5, 0.6) is 11.5 Å². The standard InChI is InChI=1S/C38H48N2O9S/c1-45-30-16-18-32(19-17-30)50(43,44)40(23-28-8-4-2-5-9-28)24-35(41)34(39-38(42)49-36-26-48-37-33(36)20-21-46-37)22-27-12-14-31(15-13-27)47-25-29-10-6-3-7-11-29/h3,6-7,10-19,28,33-37,41H,2,4-5,8-9,20-26H2,1H3,(H,39,42)/t33-,34-,35+,36-,37+/m0/s1. The van der Waals surface area contributed by atoms with Crippen LogP contribution < -0.4 is 14.8 Å². The molecule has 11 nitrogen and oxygen atoms in total. The van der Waals surface area contributed by atoms with Crippen molar-refractivity contribution in [2.75, 3.05) is 33.4 Å². The molecule has 0 unspecified atom stereocenters. The lowest BCUT2D eigenvalue weighted by Gasteiger charge is -2.33. The maximum absolute atomic E-state index is 14.1. The first-order valence-electron chi connectivity index (χ1n) is 17.6. The Kier molecular flexibility index (Phi) is 12.3. The fourth-order valence-electron chi connectivity index (χ4n) is 7.03. The van der Waals surface area contributed by atoms with Crippen molar-refractivity contribution in [2.45, 2.75) is 81.0 Å². The Morgan fingerprint density at radius 3 is 2.36 bits per heavy atom. The summed E-state index contributed by atoms with van der Waals surface area (Å²) in [7, 11) is -2.47. The Balaban J connectivity index is 1.19. The number of carbonyl (C=O) groups excluding carboxylic acids is 1. The molecule has 50 heavy (non-hydrogen) atoms. The van der Waals surface area contributed by atoms with E-state index in [-0.39, 0.29) is 49.1 Å². The Morgan fingerprint density at radius 1 is 0.920 bits per heavy atom. The van der Waals surface area contributed by atoms with E-state index in [1.807, 2.05) is 54.6 Å². The monoisotopic (exact) mass is 708 g/mol. The largest absolute Gasteiger partial charge is 0.497 e. The summed E-state index contributed by atoms with van der Waals surface area (Å²) in [4.78, 5) is 13.5. The lowest BCUT2D eigenvalue weighted by molar-refractivity contribution is -0.0907. The molecule has 0 bridgehead atoms. The first-order chi connectivity index (χ1) is 24.3. The molecular weight excluding hydrogens is 660 g/mol. The van der Waals surface area contributed by atoms with Crippen molar-refractivity contribution in [1.29, 1.82) is 0 Å². The van der Waals surface area contributed by atoms with Crippen molar-refractivity contribution in [3.8, 4) is 11.5 Å². The number of fused-ring (bicyclic) bond motifs is 1. The average Bonchev–Trinajstić information content (AvgIpc) is 3.77. The maximum atomic E-state index is 14.1. The number of alkyl carbamates (subject to hydrolysis) is 1. The topological polar surface area (TPSA) is 133 Å². The van der Waals surface area contributed by atoms with Crippen LogP contribution in [0, 0.1) is 11.8 Å². The van der Waals surface area contributed by atoms with Crippen LogP contribution in [0.25, 0.3) is 0 Å². The molecule has 5 atom stereocenters. The fraction of sp³-hybridized carbons (Fsp3) is 0.500. The Hall–Kier alpha value is -3.68. The van der Waals surface area contributed by atoms with Gasteiger partial charge in [-0.25, -0.2) is 13.2 Å². The second-order valence-corrected chi connectivity index (χ2v) is 15.3. The van der Waals surface area contributed by atoms with Gasteiger partial charge in [-0.2, -0.15) is 4.31 Å². The van der Waals surface area contributed by atoms with Crippen LogP contribution in [0.2, 0.25) is 0 Å². The van der Waals surface area contributed by atoms with Crippen LogP contribution >= 0.6 is 0 Å². The third-order valence-corrected chi connectivity index (χ3v) is 11.8. The van der Waals surface area contributed by atoms with E-state index in [1.165, 1.54) is 23.5 Å². The number of aliphatic hydroxyl groups excluding tert-OH is 1. The highest BCUT2D eigenvalue weighted by molar-refractivity contribution is 7.89. The molecule has 0 radical (unpaired) electrons. The van der Waals surface area contributed by atoms with Crippen LogP contribution in [0.4, 0.5) is 4.79 Å². The van der Waals surface area contributed by atoms with Gasteiger partial charge in [-0.15, -0.1) is 0 Å². The molecule has 3 aromatic carbocycles. The predicted octanol–water partition coefficient (Wildman–Crippen LogP) is 5.31. The summed E-state index contributed by atoms with van der Waals surface area (Å²) in [5.41, 5.74) is 1.87. The summed E-state index contributed by atoms with van der Waals surface area (Å²) in [5, 5.41) is 14.7. The molecule has 2 aliphatic heterocycles. The van der Waals surface area contributed by atoms with Gasteiger partial charge in [0.05, 0.1) is 43.3 Å². The molecule has 12 heteroatoms. The van der Waals surface area contributed by atoms with Gasteiger partial charge in [0.2, 0.25) is 10.0 Å². The molecule has 1 aliphatic carbocycles. The van der Waals surface area contributed by atoms with Gasteiger partial charge in [0.1, 0.15) is 24.2 Å². The van der Waals surface area contributed by atoms with Gasteiger partial charge in [0.25, 0.3) is 0 Å². The number of carbonyl (C=O) groups is 1. The number of methoxy groups -OCH3 is 1. The zero-order valence-corrected chi connectivity index (χ0v) is 29.3. The zero-order valence-electron chi connectivity index (χ0n) is 28.5. The van der Waals surface area contributed by atoms with Crippen molar-refractivity contribution in [3.63, 3.8) is 0 Å². The van der Waals surface area contributed by atoms with Gasteiger partial charge >= 0.3 is 6.09 Å². The Morgan fingerprint density at radius 2 is 1.64 bits per heavy atom. The highest BCUT2D eigenvalue weighted by Crippen LogP contribution is 2.33. The van der Waals surface area contributed by atoms with Crippen molar-refractivity contribution in [1.82, 2.24) is 9.62 Å². The van der Waals surface area contributed by atoms with E-state index in [0.29, 0.717) is 24.7 Å². The molecule has 1 amide bonds. The smallest absolute Gasteiger partial charge is 0.407 e. The molecule has 270 valence electrons. The molecule has 6 rings (SSSR count). The number of benzene rings is 3. The molecule has 0 aromatic heterocycles. The third-order valence-electron chi connectivity index (χ3n) is 9.91. The van der Waals surface area contributed by atoms with E-state index in [1.54, 1.807) is 12.1 Å². The Bertz CT molecular complexity index is 1620. The number of amides is 1. The molecule has 2 heterocycles. The fourth-order valence-corrected chi connectivity index (χ4v) is 8.57. The highest BCUT2D eigenvalue weighted by atomic mass is 32.2. The van der Waals surface area contributed by atoms with Gasteiger partial charge in [-0.1, -0.05) is 61.7 Å². The number of nitrogens with zero attached hydrogens (tertiary/aromatic N) is 1. The molecule has 2 N–H and O–H groups in total. The molecule has 1 saturated carbocycles. The SMILES string of the molecule is COc1ccc(S(=O)(=O)N(CC2CCCCC2)C[C@@H](O)[C@H](Cc2ccc(OCc3ccccc3)cc2)NC(=O)O[C@H]2CO[C@H]3OCC[C@H]32)cc1. The number of ether oxygens (including phenoxy) is 5. The lowest BCUT2D eigenvalue weighted by atomic mass is 9.89. The zero-order chi connectivity index (χ0) is 34.9. The van der Waals surface area contributed by atoms with Gasteiger partial charge in [0, 0.05) is 13.1 Å². The summed E-state index contributed by atoms with van der Waals surface area (Å²) in [6, 6.07) is 22.7. The molecule has 2 saturated heterocycles. The van der Waals surface area contributed by atoms with Gasteiger partial charge in [-0.3, -0.25) is 0 Å². The normalized spacial score (nSPS) is 22.1. The van der Waals surface area contributed by atoms with Gasteiger partial charge < -0.3 is 34.1 Å². The Labute approximate surface area is 294 Å². The molecule has 3 aromatic rings. The van der Waals surface area contributed by atoms with Crippen LogP contribution in [0.3, 0.4) is 0 Å². The van der Waals surface area contributed by atoms with Crippen LogP contribution in [-0.2, 0) is 37.3 Å². The van der Waals surface area contributed by atoms with E-state index in [4.69, 9.17) is 23.7 Å². The first-order valence-corrected chi connectivity index (χ1v) is 19.0. The lowest BCUT2D eigenvalue weighted by Crippen LogP contribution is -2.52. The molecule has 0 spiro atoms. The first kappa shape index (κ1) is 36.1. The van der Waals surface area contributed by atoms with Crippen LogP contribution in [-0.4, -0.2) is 81.9 Å². The molecular formula is C38H48N2O9S. The van der Waals surface area contributed by atoms with Crippen molar-refractivity contribution in [2.24, 2.45) is 11.8 Å². The number of rotatable bonds is 15. The summed E-state index contributed by atoms with van der Waals surface area (Å²) in [6.45, 7) is 1.27. The van der Waals surface area contributed by atoms with E-state index in [2.05, 4.69) is 5.32 Å². The maximum Gasteiger partial charge on any atom is 0.407 e. The second kappa shape index (κ2) is 17.0. The molecule has 3 fully saturated rings. The predicted molar refractivity (Wildman–Crippen MR) is 186 cm³/mol. The minimum absolute atomic E-state index is 0.0480. The summed E-state index contributed by atoms with van der Waals surface area (Å²) in [6.07, 6.45) is 3.22. The number of hydrogen-bond donors (Lipinski definition) is 2. The highest BCUT2D eigenvalue weighted by Gasteiger charge is 2.44. The van der Waals surface area contributed by atoms with Gasteiger partial charge in [0.15, 0.2) is 6.29 Å². The van der Waals surface area contributed by atoms with Crippen LogP contribution in [0.1, 0.15) is 49.7 Å². The third kappa shape index (κ3) is 9.35. The summed E-state index contributed by atoms with van der Waals surface area (Å²) in [5.74, 6) is 1.35. The van der Waals surface area contributed by atoms with Gasteiger partial charge in [-0.05, 0) is 79.1 Å². The van der Waals surface area contributed by atoms with E-state index in [0.717, 1.165) is 49.7 Å². The molecule has 3 aliphatic rings. The van der Waals surface area contributed by atoms with Crippen molar-refractivity contribution < 1.29 is 42.0 Å². The minimum atomic E-state index is -3.99. The van der Waals surface area contributed by atoms with Crippen molar-refractivity contribution >= 4 is 16.1 Å². The van der Waals surface area contributed by atoms with E-state index < -0.39 is 34.4 Å². The number of hydrogen-bond acceptors (Lipinski definition) is 9. The quantitative estimate of drug-likeness (QED) is 0.216. The minimum Gasteiger partial charge on any atom is -0.497 e. The van der Waals surface area contributed by atoms with E-state index in [9.17, 15) is 18.3 Å². The number of nitrogens with one attached hydrogen (secondary N) is 1.